The van der Waals surface area contributed by atoms with Crippen molar-refractivity contribution in [2.24, 2.45) is 0 Å². The average molecular weight is 100 g/mol. The van der Waals surface area contributed by atoms with Crippen molar-refractivity contribution in [3.05, 3.63) is 0 Å². The number of carbonyl (C=O) groups is 1. The second kappa shape index (κ2) is 2.90. The molecule has 0 saturated carbocycles. The first-order valence-electron chi connectivity index (χ1n) is 1.66. The van der Waals surface area contributed by atoms with Gasteiger partial charge in [-0.3, -0.25) is 4.79 Å². The highest BCUT2D eigenvalue weighted by atomic mass is 28.1. The molecular formula is C3H6NOSi. The molecule has 6 heavy (non-hydrogen) atoms. The first kappa shape index (κ1) is 5.69. The number of hydrogen-bond donors (Lipinski definition) is 1. The molecule has 0 spiro atoms. The lowest BCUT2D eigenvalue weighted by Gasteiger charge is -1.88. The zero-order valence-corrected chi connectivity index (χ0v) is 4.62. The van der Waals surface area contributed by atoms with Crippen LogP contribution in [0.4, 0.5) is 0 Å². The summed E-state index contributed by atoms with van der Waals surface area (Å²) in [4.78, 5) is 9.90. The summed E-state index contributed by atoms with van der Waals surface area (Å²) in [5.41, 5.74) is 0. The van der Waals surface area contributed by atoms with Gasteiger partial charge in [-0.2, -0.15) is 0 Å². The van der Waals surface area contributed by atoms with E-state index in [9.17, 15) is 4.79 Å². The van der Waals surface area contributed by atoms with Crippen molar-refractivity contribution in [3.8, 4) is 0 Å². The second-order valence-electron chi connectivity index (χ2n) is 0.910. The largest absolute Gasteiger partial charge is 0.360 e. The van der Waals surface area contributed by atoms with E-state index in [0.717, 1.165) is 0 Å². The van der Waals surface area contributed by atoms with E-state index in [1.54, 1.807) is 0 Å². The molecular weight excluding hydrogens is 94.1 g/mol. The fourth-order valence-corrected chi connectivity index (χ4v) is 0.373. The maximum Gasteiger partial charge on any atom is 0.216 e. The average Bonchev–Trinajstić information content (AvgIpc) is 1.35. The molecule has 0 aromatic rings. The Morgan fingerprint density at radius 2 is 2.50 bits per heavy atom. The summed E-state index contributed by atoms with van der Waals surface area (Å²) >= 11 is 0. The number of amides is 1. The van der Waals surface area contributed by atoms with E-state index in [2.05, 4.69) is 15.6 Å². The Bertz CT molecular complexity index is 54.8. The van der Waals surface area contributed by atoms with Crippen LogP contribution in [-0.4, -0.2) is 22.3 Å². The standard InChI is InChI=1S/C3H6NOSi/c1-3(5)4-2-6/h2H2,1H3,(H,4,5). The molecule has 0 unspecified atom stereocenters. The van der Waals surface area contributed by atoms with E-state index in [1.807, 2.05) is 0 Å². The molecule has 1 amide bonds. The molecule has 0 fully saturated rings. The van der Waals surface area contributed by atoms with E-state index < -0.39 is 0 Å². The summed E-state index contributed by atoms with van der Waals surface area (Å²) in [6.45, 7) is 1.47. The Morgan fingerprint density at radius 1 is 2.00 bits per heavy atom. The lowest BCUT2D eigenvalue weighted by molar-refractivity contribution is -0.118. The fourth-order valence-electron chi connectivity index (χ4n) is 0.124. The van der Waals surface area contributed by atoms with Crippen LogP contribution in [-0.2, 0) is 4.79 Å². The minimum atomic E-state index is -0.00926. The van der Waals surface area contributed by atoms with Crippen molar-refractivity contribution in [1.29, 1.82) is 0 Å². The summed E-state index contributed by atoms with van der Waals surface area (Å²) < 4.78 is 0. The molecule has 0 aromatic heterocycles. The quantitative estimate of drug-likeness (QED) is 0.431. The topological polar surface area (TPSA) is 29.1 Å². The minimum Gasteiger partial charge on any atom is -0.360 e. The molecule has 0 aliphatic rings. The molecule has 0 aliphatic carbocycles. The Hall–Kier alpha value is -0.313. The van der Waals surface area contributed by atoms with Crippen molar-refractivity contribution in [3.63, 3.8) is 0 Å². The summed E-state index contributed by atoms with van der Waals surface area (Å²) in [6, 6.07) is 0. The van der Waals surface area contributed by atoms with Gasteiger partial charge < -0.3 is 5.32 Å². The van der Waals surface area contributed by atoms with Crippen LogP contribution in [0.5, 0.6) is 0 Å². The van der Waals surface area contributed by atoms with Crippen molar-refractivity contribution in [2.45, 2.75) is 6.92 Å². The van der Waals surface area contributed by atoms with E-state index in [4.69, 9.17) is 0 Å². The monoisotopic (exact) mass is 100 g/mol. The fraction of sp³-hybridized carbons (Fsp3) is 0.667. The second-order valence-corrected chi connectivity index (χ2v) is 1.26. The Kier molecular flexibility index (Phi) is 2.75. The number of hydrogen-bond acceptors (Lipinski definition) is 1. The molecule has 1 N–H and O–H groups in total. The molecule has 0 saturated heterocycles. The molecule has 0 rings (SSSR count). The van der Waals surface area contributed by atoms with Gasteiger partial charge in [0.05, 0.1) is 10.2 Å². The predicted octanol–water partition coefficient (Wildman–Crippen LogP) is -0.752. The summed E-state index contributed by atoms with van der Waals surface area (Å²) in [5.74, 6) is -0.00926. The van der Waals surface area contributed by atoms with Crippen LogP contribution in [0.15, 0.2) is 0 Å². The zero-order valence-electron chi connectivity index (χ0n) is 3.62. The van der Waals surface area contributed by atoms with Gasteiger partial charge in [-0.15, -0.1) is 0 Å². The molecule has 33 valence electrons. The van der Waals surface area contributed by atoms with Gasteiger partial charge in [0.2, 0.25) is 5.91 Å². The normalized spacial score (nSPS) is 7.67. The van der Waals surface area contributed by atoms with E-state index in [0.29, 0.717) is 6.17 Å². The van der Waals surface area contributed by atoms with Crippen molar-refractivity contribution in [2.75, 3.05) is 6.17 Å². The molecule has 2 nitrogen and oxygen atoms in total. The van der Waals surface area contributed by atoms with E-state index in [-0.39, 0.29) is 5.91 Å². The van der Waals surface area contributed by atoms with Crippen LogP contribution in [0.25, 0.3) is 0 Å². The van der Waals surface area contributed by atoms with Crippen molar-refractivity contribution >= 4 is 16.1 Å². The van der Waals surface area contributed by atoms with Crippen molar-refractivity contribution < 1.29 is 4.79 Å². The highest BCUT2D eigenvalue weighted by molar-refractivity contribution is 6.09. The number of nitrogens with one attached hydrogen (secondary N) is 1. The maximum absolute atomic E-state index is 9.90. The van der Waals surface area contributed by atoms with Gasteiger partial charge in [-0.05, 0) is 0 Å². The van der Waals surface area contributed by atoms with Crippen LogP contribution < -0.4 is 5.32 Å². The Morgan fingerprint density at radius 3 is 2.50 bits per heavy atom. The van der Waals surface area contributed by atoms with Gasteiger partial charge in [0.25, 0.3) is 0 Å². The van der Waals surface area contributed by atoms with Gasteiger partial charge in [0.1, 0.15) is 0 Å². The zero-order chi connectivity index (χ0) is 4.99. The smallest absolute Gasteiger partial charge is 0.216 e. The van der Waals surface area contributed by atoms with Gasteiger partial charge >= 0.3 is 0 Å². The van der Waals surface area contributed by atoms with Crippen LogP contribution in [0.2, 0.25) is 0 Å². The summed E-state index contributed by atoms with van der Waals surface area (Å²) in [5, 5.41) is 2.48. The third-order valence-electron chi connectivity index (χ3n) is 0.337. The highest BCUT2D eigenvalue weighted by Crippen LogP contribution is 1.50. The lowest BCUT2D eigenvalue weighted by atomic mass is 10.7. The number of rotatable bonds is 1. The molecule has 0 aliphatic heterocycles. The molecule has 3 heteroatoms. The lowest BCUT2D eigenvalue weighted by Crippen LogP contribution is -2.20. The van der Waals surface area contributed by atoms with Crippen molar-refractivity contribution in [1.82, 2.24) is 5.32 Å². The van der Waals surface area contributed by atoms with Gasteiger partial charge in [0, 0.05) is 13.1 Å². The Labute approximate surface area is 40.4 Å². The molecule has 0 heterocycles. The minimum absolute atomic E-state index is 0.00926. The molecule has 0 bridgehead atoms. The molecule has 0 atom stereocenters. The van der Waals surface area contributed by atoms with Crippen LogP contribution >= 0.6 is 0 Å². The van der Waals surface area contributed by atoms with Gasteiger partial charge in [-0.1, -0.05) is 0 Å². The van der Waals surface area contributed by atoms with Gasteiger partial charge in [-0.25, -0.2) is 0 Å². The van der Waals surface area contributed by atoms with E-state index in [1.165, 1.54) is 6.92 Å². The first-order valence-corrected chi connectivity index (χ1v) is 2.37. The predicted molar refractivity (Wildman–Crippen MR) is 24.4 cm³/mol. The van der Waals surface area contributed by atoms with E-state index >= 15 is 0 Å². The van der Waals surface area contributed by atoms with Crippen LogP contribution in [0.3, 0.4) is 0 Å². The Balaban J connectivity index is 2.83. The summed E-state index contributed by atoms with van der Waals surface area (Å²) in [6.07, 6.45) is 0.537. The molecule has 3 radical (unpaired) electrons. The van der Waals surface area contributed by atoms with Crippen LogP contribution in [0, 0.1) is 0 Å². The maximum atomic E-state index is 9.90. The highest BCUT2D eigenvalue weighted by Gasteiger charge is 1.79. The SMILES string of the molecule is CC(=O)NC[Si]. The van der Waals surface area contributed by atoms with Crippen LogP contribution in [0.1, 0.15) is 6.92 Å². The summed E-state index contributed by atoms with van der Waals surface area (Å²) in [7, 11) is 3.06. The third kappa shape index (κ3) is 3.69. The van der Waals surface area contributed by atoms with Gasteiger partial charge in [0.15, 0.2) is 0 Å². The molecule has 0 aromatic carbocycles. The third-order valence-corrected chi connectivity index (χ3v) is 0.514. The first-order chi connectivity index (χ1) is 2.77. The number of carbonyl (C=O) groups excluding carboxylic acids is 1.